The van der Waals surface area contributed by atoms with Crippen LogP contribution in [0.3, 0.4) is 0 Å². The summed E-state index contributed by atoms with van der Waals surface area (Å²) >= 11 is 6.12. The van der Waals surface area contributed by atoms with Crippen LogP contribution < -0.4 is 4.90 Å². The molecule has 5 heteroatoms. The van der Waals surface area contributed by atoms with E-state index in [2.05, 4.69) is 4.90 Å². The van der Waals surface area contributed by atoms with Crippen LogP contribution in [0.25, 0.3) is 0 Å². The minimum atomic E-state index is 0.0926. The maximum absolute atomic E-state index is 12.4. The summed E-state index contributed by atoms with van der Waals surface area (Å²) < 4.78 is 0. The predicted octanol–water partition coefficient (Wildman–Crippen LogP) is 2.94. The summed E-state index contributed by atoms with van der Waals surface area (Å²) in [4.78, 5) is 16.4. The number of carbonyl (C=O) groups is 1. The summed E-state index contributed by atoms with van der Waals surface area (Å²) in [5.41, 5.74) is 1.69. The molecule has 1 saturated heterocycles. The Bertz CT molecular complexity index is 697. The Kier molecular flexibility index (Phi) is 4.72. The van der Waals surface area contributed by atoms with Gasteiger partial charge in [0.15, 0.2) is 0 Å². The number of nitrogens with zero attached hydrogens (tertiary/aromatic N) is 2. The highest BCUT2D eigenvalue weighted by Crippen LogP contribution is 2.27. The molecule has 120 valence electrons. The van der Waals surface area contributed by atoms with Gasteiger partial charge in [-0.15, -0.1) is 0 Å². The average Bonchev–Trinajstić information content (AvgIpc) is 2.57. The van der Waals surface area contributed by atoms with Gasteiger partial charge in [-0.2, -0.15) is 0 Å². The van der Waals surface area contributed by atoms with Gasteiger partial charge >= 0.3 is 0 Å². The number of para-hydroxylation sites is 2. The van der Waals surface area contributed by atoms with E-state index in [0.29, 0.717) is 37.6 Å². The van der Waals surface area contributed by atoms with Crippen LogP contribution >= 0.6 is 11.6 Å². The Labute approximate surface area is 140 Å². The summed E-state index contributed by atoms with van der Waals surface area (Å²) in [6.45, 7) is 2.73. The molecule has 0 aliphatic carbocycles. The number of aromatic hydroxyl groups is 1. The van der Waals surface area contributed by atoms with Gasteiger partial charge < -0.3 is 14.9 Å². The van der Waals surface area contributed by atoms with Crippen LogP contribution in [0.15, 0.2) is 48.5 Å². The Hall–Kier alpha value is -2.20. The number of halogens is 1. The lowest BCUT2D eigenvalue weighted by Crippen LogP contribution is -2.49. The largest absolute Gasteiger partial charge is 0.506 e. The third-order valence-corrected chi connectivity index (χ3v) is 4.52. The van der Waals surface area contributed by atoms with Gasteiger partial charge in [-0.25, -0.2) is 0 Å². The number of hydrogen-bond acceptors (Lipinski definition) is 3. The molecule has 1 N–H and O–H groups in total. The summed E-state index contributed by atoms with van der Waals surface area (Å²) in [5, 5.41) is 10.6. The first kappa shape index (κ1) is 15.7. The molecule has 3 rings (SSSR count). The van der Waals surface area contributed by atoms with Crippen LogP contribution in [0.4, 0.5) is 5.69 Å². The number of piperazine rings is 1. The zero-order valence-corrected chi connectivity index (χ0v) is 13.5. The highest BCUT2D eigenvalue weighted by atomic mass is 35.5. The minimum Gasteiger partial charge on any atom is -0.506 e. The summed E-state index contributed by atoms with van der Waals surface area (Å²) in [5.74, 6) is 0.373. The van der Waals surface area contributed by atoms with Gasteiger partial charge in [0.25, 0.3) is 0 Å². The standard InChI is InChI=1S/C18H19ClN2O2/c19-15-6-2-1-5-14(15)13-18(23)21-11-9-20(10-12-21)16-7-3-4-8-17(16)22/h1-8,22H,9-13H2. The third kappa shape index (κ3) is 3.59. The molecule has 2 aromatic carbocycles. The van der Waals surface area contributed by atoms with Crippen molar-refractivity contribution in [2.75, 3.05) is 31.1 Å². The molecule has 4 nitrogen and oxygen atoms in total. The van der Waals surface area contributed by atoms with E-state index >= 15 is 0 Å². The first-order valence-corrected chi connectivity index (χ1v) is 8.07. The van der Waals surface area contributed by atoms with Crippen molar-refractivity contribution in [3.05, 3.63) is 59.1 Å². The summed E-state index contributed by atoms with van der Waals surface area (Å²) in [7, 11) is 0. The maximum atomic E-state index is 12.4. The van der Waals surface area contributed by atoms with Gasteiger partial charge in [0, 0.05) is 31.2 Å². The molecule has 1 fully saturated rings. The molecule has 0 atom stereocenters. The van der Waals surface area contributed by atoms with Crippen molar-refractivity contribution in [3.8, 4) is 5.75 Å². The fraction of sp³-hybridized carbons (Fsp3) is 0.278. The Balaban J connectivity index is 1.60. The number of benzene rings is 2. The van der Waals surface area contributed by atoms with E-state index in [4.69, 9.17) is 11.6 Å². The smallest absolute Gasteiger partial charge is 0.227 e. The molecule has 23 heavy (non-hydrogen) atoms. The molecule has 0 saturated carbocycles. The number of hydrogen-bond donors (Lipinski definition) is 1. The third-order valence-electron chi connectivity index (χ3n) is 4.15. The first-order valence-electron chi connectivity index (χ1n) is 7.69. The second-order valence-corrected chi connectivity index (χ2v) is 6.03. The summed E-state index contributed by atoms with van der Waals surface area (Å²) in [6, 6.07) is 14.7. The Morgan fingerprint density at radius 3 is 2.35 bits per heavy atom. The van der Waals surface area contributed by atoms with Crippen molar-refractivity contribution < 1.29 is 9.90 Å². The van der Waals surface area contributed by atoms with Crippen LogP contribution in [-0.2, 0) is 11.2 Å². The molecule has 0 radical (unpaired) electrons. The lowest BCUT2D eigenvalue weighted by molar-refractivity contribution is -0.130. The topological polar surface area (TPSA) is 43.8 Å². The number of phenols is 1. The maximum Gasteiger partial charge on any atom is 0.227 e. The fourth-order valence-corrected chi connectivity index (χ4v) is 3.05. The highest BCUT2D eigenvalue weighted by molar-refractivity contribution is 6.31. The molecule has 1 amide bonds. The SMILES string of the molecule is O=C(Cc1ccccc1Cl)N1CCN(c2ccccc2O)CC1. The van der Waals surface area contributed by atoms with E-state index in [1.807, 2.05) is 41.3 Å². The quantitative estimate of drug-likeness (QED) is 0.941. The van der Waals surface area contributed by atoms with E-state index in [1.54, 1.807) is 12.1 Å². The number of phenolic OH excluding ortho intramolecular Hbond substituents is 1. The molecule has 1 aliphatic rings. The van der Waals surface area contributed by atoms with E-state index < -0.39 is 0 Å². The van der Waals surface area contributed by atoms with Crippen molar-refractivity contribution in [1.82, 2.24) is 4.90 Å². The average molecular weight is 331 g/mol. The Morgan fingerprint density at radius 1 is 1.00 bits per heavy atom. The van der Waals surface area contributed by atoms with E-state index in [9.17, 15) is 9.90 Å². The Morgan fingerprint density at radius 2 is 1.65 bits per heavy atom. The van der Waals surface area contributed by atoms with Crippen molar-refractivity contribution in [2.24, 2.45) is 0 Å². The van der Waals surface area contributed by atoms with Crippen LogP contribution in [0.5, 0.6) is 5.75 Å². The number of anilines is 1. The van der Waals surface area contributed by atoms with Gasteiger partial charge in [-0.1, -0.05) is 41.9 Å². The van der Waals surface area contributed by atoms with Crippen molar-refractivity contribution in [2.45, 2.75) is 6.42 Å². The molecule has 1 heterocycles. The van der Waals surface area contributed by atoms with Crippen molar-refractivity contribution in [3.63, 3.8) is 0 Å². The van der Waals surface area contributed by atoms with Crippen molar-refractivity contribution >= 4 is 23.2 Å². The van der Waals surface area contributed by atoms with Gasteiger partial charge in [0.2, 0.25) is 5.91 Å². The zero-order valence-electron chi connectivity index (χ0n) is 12.8. The second kappa shape index (κ2) is 6.92. The normalized spacial score (nSPS) is 14.8. The van der Waals surface area contributed by atoms with Crippen LogP contribution in [0, 0.1) is 0 Å². The minimum absolute atomic E-state index is 0.0926. The molecule has 0 spiro atoms. The number of rotatable bonds is 3. The van der Waals surface area contributed by atoms with Gasteiger partial charge in [0.1, 0.15) is 5.75 Å². The summed E-state index contributed by atoms with van der Waals surface area (Å²) in [6.07, 6.45) is 0.330. The van der Waals surface area contributed by atoms with Crippen molar-refractivity contribution in [1.29, 1.82) is 0 Å². The lowest BCUT2D eigenvalue weighted by Gasteiger charge is -2.36. The first-order chi connectivity index (χ1) is 11.1. The lowest BCUT2D eigenvalue weighted by atomic mass is 10.1. The van der Waals surface area contributed by atoms with Gasteiger partial charge in [0.05, 0.1) is 12.1 Å². The number of carbonyl (C=O) groups excluding carboxylic acids is 1. The van der Waals surface area contributed by atoms with E-state index in [0.717, 1.165) is 11.3 Å². The van der Waals surface area contributed by atoms with Crippen LogP contribution in [0.2, 0.25) is 5.02 Å². The monoisotopic (exact) mass is 330 g/mol. The van der Waals surface area contributed by atoms with Crippen LogP contribution in [-0.4, -0.2) is 42.1 Å². The van der Waals surface area contributed by atoms with Gasteiger partial charge in [-0.3, -0.25) is 4.79 Å². The number of amides is 1. The molecule has 1 aliphatic heterocycles. The highest BCUT2D eigenvalue weighted by Gasteiger charge is 2.22. The fourth-order valence-electron chi connectivity index (χ4n) is 2.84. The van der Waals surface area contributed by atoms with E-state index in [-0.39, 0.29) is 11.7 Å². The van der Waals surface area contributed by atoms with Crippen LogP contribution in [0.1, 0.15) is 5.56 Å². The molecular weight excluding hydrogens is 312 g/mol. The zero-order chi connectivity index (χ0) is 16.2. The molecule has 0 bridgehead atoms. The van der Waals surface area contributed by atoms with Gasteiger partial charge in [-0.05, 0) is 23.8 Å². The molecule has 0 unspecified atom stereocenters. The molecule has 2 aromatic rings. The molecule has 0 aromatic heterocycles. The molecular formula is C18H19ClN2O2. The predicted molar refractivity (Wildman–Crippen MR) is 92.1 cm³/mol. The van der Waals surface area contributed by atoms with E-state index in [1.165, 1.54) is 0 Å². The second-order valence-electron chi connectivity index (χ2n) is 5.62.